The number of halogens is 1. The molecule has 1 atom stereocenters. The van der Waals surface area contributed by atoms with Gasteiger partial charge in [0, 0.05) is 12.6 Å². The van der Waals surface area contributed by atoms with Crippen LogP contribution in [-0.4, -0.2) is 34.1 Å². The summed E-state index contributed by atoms with van der Waals surface area (Å²) in [4.78, 5) is 11.5. The summed E-state index contributed by atoms with van der Waals surface area (Å²) in [6.45, 7) is 3.51. The lowest BCUT2D eigenvalue weighted by Crippen LogP contribution is -2.38. The van der Waals surface area contributed by atoms with E-state index in [4.69, 9.17) is 5.73 Å². The Kier molecular flexibility index (Phi) is 7.15. The van der Waals surface area contributed by atoms with Gasteiger partial charge in [0.25, 0.3) is 0 Å². The van der Waals surface area contributed by atoms with E-state index in [0.29, 0.717) is 5.56 Å². The quantitative estimate of drug-likeness (QED) is 0.782. The zero-order valence-corrected chi connectivity index (χ0v) is 13.2. The van der Waals surface area contributed by atoms with E-state index in [1.807, 2.05) is 0 Å². The van der Waals surface area contributed by atoms with Crippen LogP contribution < -0.4 is 10.5 Å². The van der Waals surface area contributed by atoms with Crippen molar-refractivity contribution in [3.63, 3.8) is 0 Å². The van der Waals surface area contributed by atoms with Crippen LogP contribution in [0.5, 0.6) is 0 Å². The number of rotatable bonds is 5. The first kappa shape index (κ1) is 18.9. The third-order valence-electron chi connectivity index (χ3n) is 2.61. The van der Waals surface area contributed by atoms with E-state index in [0.717, 1.165) is 0 Å². The number of carbonyl (C=O) groups is 1. The number of nitrogens with one attached hydrogen (secondary N) is 1. The first-order valence-electron chi connectivity index (χ1n) is 5.73. The molecule has 20 heavy (non-hydrogen) atoms. The fraction of sp³-hybridized carbons (Fsp3) is 0.417. The molecule has 0 radical (unpaired) electrons. The fourth-order valence-electron chi connectivity index (χ4n) is 1.51. The average Bonchev–Trinajstić information content (AvgIpc) is 2.37. The topological polar surface area (TPSA) is 98.5 Å². The SMILES string of the molecule is COC(=O)c1ccc(C)c(S(=O)(=O)N[C@@H](C)CN)c1.Cl. The van der Waals surface area contributed by atoms with E-state index >= 15 is 0 Å². The van der Waals surface area contributed by atoms with Crippen LogP contribution in [0, 0.1) is 6.92 Å². The molecule has 0 aliphatic rings. The van der Waals surface area contributed by atoms with Crippen molar-refractivity contribution in [3.8, 4) is 0 Å². The summed E-state index contributed by atoms with van der Waals surface area (Å²) in [5.74, 6) is -0.580. The lowest BCUT2D eigenvalue weighted by atomic mass is 10.1. The summed E-state index contributed by atoms with van der Waals surface area (Å²) in [5.41, 5.74) is 6.13. The van der Waals surface area contributed by atoms with Crippen molar-refractivity contribution in [1.29, 1.82) is 0 Å². The molecule has 0 aliphatic heterocycles. The number of aryl methyl sites for hydroxylation is 1. The monoisotopic (exact) mass is 322 g/mol. The predicted molar refractivity (Wildman–Crippen MR) is 78.6 cm³/mol. The van der Waals surface area contributed by atoms with Crippen LogP contribution >= 0.6 is 12.4 Å². The lowest BCUT2D eigenvalue weighted by Gasteiger charge is -2.14. The molecule has 0 saturated carbocycles. The number of esters is 1. The molecule has 6 nitrogen and oxygen atoms in total. The maximum atomic E-state index is 12.2. The van der Waals surface area contributed by atoms with Crippen molar-refractivity contribution in [2.45, 2.75) is 24.8 Å². The van der Waals surface area contributed by atoms with Crippen LogP contribution in [0.25, 0.3) is 0 Å². The molecule has 8 heteroatoms. The highest BCUT2D eigenvalue weighted by atomic mass is 35.5. The Labute approximate surface area is 125 Å². The molecule has 3 N–H and O–H groups in total. The van der Waals surface area contributed by atoms with Crippen LogP contribution in [0.3, 0.4) is 0 Å². The first-order valence-corrected chi connectivity index (χ1v) is 7.21. The van der Waals surface area contributed by atoms with E-state index < -0.39 is 16.0 Å². The van der Waals surface area contributed by atoms with Gasteiger partial charge in [0.05, 0.1) is 17.6 Å². The third kappa shape index (κ3) is 4.45. The van der Waals surface area contributed by atoms with Gasteiger partial charge in [-0.2, -0.15) is 0 Å². The molecule has 0 unspecified atom stereocenters. The largest absolute Gasteiger partial charge is 0.465 e. The highest BCUT2D eigenvalue weighted by molar-refractivity contribution is 7.89. The van der Waals surface area contributed by atoms with Gasteiger partial charge in [0.15, 0.2) is 0 Å². The van der Waals surface area contributed by atoms with Crippen molar-refractivity contribution < 1.29 is 17.9 Å². The molecular formula is C12H19ClN2O4S. The minimum Gasteiger partial charge on any atom is -0.465 e. The number of methoxy groups -OCH3 is 1. The molecule has 0 saturated heterocycles. The molecule has 0 aliphatic carbocycles. The molecule has 1 aromatic rings. The number of sulfonamides is 1. The summed E-state index contributed by atoms with van der Waals surface area (Å²) in [5, 5.41) is 0. The van der Waals surface area contributed by atoms with Crippen LogP contribution in [-0.2, 0) is 14.8 Å². The highest BCUT2D eigenvalue weighted by Crippen LogP contribution is 2.18. The van der Waals surface area contributed by atoms with Crippen LogP contribution in [0.1, 0.15) is 22.8 Å². The number of carbonyl (C=O) groups excluding carboxylic acids is 1. The second kappa shape index (κ2) is 7.58. The van der Waals surface area contributed by atoms with Gasteiger partial charge >= 0.3 is 5.97 Å². The Balaban J connectivity index is 0.00000361. The van der Waals surface area contributed by atoms with E-state index in [-0.39, 0.29) is 35.5 Å². The molecule has 0 spiro atoms. The summed E-state index contributed by atoms with van der Waals surface area (Å²) < 4.78 is 31.3. The Morgan fingerprint density at radius 2 is 2.05 bits per heavy atom. The van der Waals surface area contributed by atoms with Gasteiger partial charge < -0.3 is 10.5 Å². The van der Waals surface area contributed by atoms with Gasteiger partial charge in [0.1, 0.15) is 0 Å². The number of hydrogen-bond acceptors (Lipinski definition) is 5. The van der Waals surface area contributed by atoms with Gasteiger partial charge in [-0.25, -0.2) is 17.9 Å². The molecule has 1 rings (SSSR count). The number of hydrogen-bond donors (Lipinski definition) is 2. The molecule has 0 bridgehead atoms. The summed E-state index contributed by atoms with van der Waals surface area (Å²) in [7, 11) is -2.46. The van der Waals surface area contributed by atoms with Gasteiger partial charge in [-0.1, -0.05) is 6.07 Å². The van der Waals surface area contributed by atoms with E-state index in [1.165, 1.54) is 19.2 Å². The summed E-state index contributed by atoms with van der Waals surface area (Å²) in [6.07, 6.45) is 0. The second-order valence-corrected chi connectivity index (χ2v) is 5.91. The number of benzene rings is 1. The van der Waals surface area contributed by atoms with Gasteiger partial charge in [-0.3, -0.25) is 0 Å². The van der Waals surface area contributed by atoms with Crippen molar-refractivity contribution in [1.82, 2.24) is 4.72 Å². The molecule has 1 aromatic carbocycles. The fourth-order valence-corrected chi connectivity index (χ4v) is 3.04. The Morgan fingerprint density at radius 3 is 2.55 bits per heavy atom. The first-order chi connectivity index (χ1) is 8.81. The zero-order valence-electron chi connectivity index (χ0n) is 11.5. The standard InChI is InChI=1S/C12H18N2O4S.ClH/c1-8-4-5-10(12(15)18-3)6-11(8)19(16,17)14-9(2)7-13;/h4-6,9,14H,7,13H2,1-3H3;1H/t9-;/m0./s1. The minimum atomic E-state index is -3.70. The van der Waals surface area contributed by atoms with E-state index in [9.17, 15) is 13.2 Å². The minimum absolute atomic E-state index is 0. The smallest absolute Gasteiger partial charge is 0.337 e. The number of nitrogens with two attached hydrogens (primary N) is 1. The summed E-state index contributed by atoms with van der Waals surface area (Å²) in [6, 6.07) is 4.00. The number of ether oxygens (including phenoxy) is 1. The third-order valence-corrected chi connectivity index (χ3v) is 4.34. The van der Waals surface area contributed by atoms with Gasteiger partial charge in [-0.05, 0) is 31.5 Å². The van der Waals surface area contributed by atoms with E-state index in [1.54, 1.807) is 19.9 Å². The normalized spacial score (nSPS) is 12.4. The highest BCUT2D eigenvalue weighted by Gasteiger charge is 2.20. The van der Waals surface area contributed by atoms with Crippen LogP contribution in [0.15, 0.2) is 23.1 Å². The van der Waals surface area contributed by atoms with Gasteiger partial charge in [-0.15, -0.1) is 12.4 Å². The zero-order chi connectivity index (χ0) is 14.6. The molecule has 0 aromatic heterocycles. The Morgan fingerprint density at radius 1 is 1.45 bits per heavy atom. The van der Waals surface area contributed by atoms with Crippen LogP contribution in [0.2, 0.25) is 0 Å². The molecule has 0 amide bonds. The lowest BCUT2D eigenvalue weighted by molar-refractivity contribution is 0.0600. The van der Waals surface area contributed by atoms with E-state index in [2.05, 4.69) is 9.46 Å². The Bertz CT molecular complexity index is 575. The summed E-state index contributed by atoms with van der Waals surface area (Å²) >= 11 is 0. The van der Waals surface area contributed by atoms with Crippen molar-refractivity contribution in [3.05, 3.63) is 29.3 Å². The van der Waals surface area contributed by atoms with Crippen molar-refractivity contribution in [2.75, 3.05) is 13.7 Å². The van der Waals surface area contributed by atoms with Crippen LogP contribution in [0.4, 0.5) is 0 Å². The van der Waals surface area contributed by atoms with Crippen molar-refractivity contribution >= 4 is 28.4 Å². The molecular weight excluding hydrogens is 304 g/mol. The average molecular weight is 323 g/mol. The maximum Gasteiger partial charge on any atom is 0.337 e. The second-order valence-electron chi connectivity index (χ2n) is 4.23. The van der Waals surface area contributed by atoms with Crippen molar-refractivity contribution in [2.24, 2.45) is 5.73 Å². The Hall–Kier alpha value is -1.15. The predicted octanol–water partition coefficient (Wildman–Crippen LogP) is 0.829. The molecule has 114 valence electrons. The maximum absolute atomic E-state index is 12.2. The molecule has 0 heterocycles. The van der Waals surface area contributed by atoms with Gasteiger partial charge in [0.2, 0.25) is 10.0 Å². The molecule has 0 fully saturated rings.